The molecule has 0 spiro atoms. The summed E-state index contributed by atoms with van der Waals surface area (Å²) in [6.07, 6.45) is 1.98. The standard InChI is InChI=1S/C21H24F2N4O4/c1-21(2,3)31-20(29)26-17-11-27(19-24-8-12(9-25-19)18(28)30-4)10-15(17)14-7-13(22)5-6-16(14)23/h5-9,15,17H,10-11H2,1-4H3,(H,26,29)/t15-,17+/m1/s1. The number of rotatable bonds is 4. The predicted octanol–water partition coefficient (Wildman–Crippen LogP) is 3.04. The van der Waals surface area contributed by atoms with Crippen LogP contribution in [0.4, 0.5) is 19.5 Å². The monoisotopic (exact) mass is 434 g/mol. The van der Waals surface area contributed by atoms with Crippen LogP contribution in [0.3, 0.4) is 0 Å². The van der Waals surface area contributed by atoms with Crippen molar-refractivity contribution in [1.29, 1.82) is 0 Å². The summed E-state index contributed by atoms with van der Waals surface area (Å²) in [5.41, 5.74) is -0.397. The number of amides is 1. The largest absolute Gasteiger partial charge is 0.465 e. The van der Waals surface area contributed by atoms with Gasteiger partial charge < -0.3 is 19.7 Å². The molecule has 0 aliphatic carbocycles. The lowest BCUT2D eigenvalue weighted by Gasteiger charge is -2.24. The fourth-order valence-electron chi connectivity index (χ4n) is 3.39. The average Bonchev–Trinajstić information content (AvgIpc) is 3.11. The van der Waals surface area contributed by atoms with Crippen LogP contribution in [0.1, 0.15) is 42.6 Å². The van der Waals surface area contributed by atoms with Crippen LogP contribution in [0.15, 0.2) is 30.6 Å². The van der Waals surface area contributed by atoms with Crippen molar-refractivity contribution in [2.75, 3.05) is 25.1 Å². The Morgan fingerprint density at radius 3 is 2.45 bits per heavy atom. The smallest absolute Gasteiger partial charge is 0.407 e. The Kier molecular flexibility index (Phi) is 6.37. The Balaban J connectivity index is 1.86. The van der Waals surface area contributed by atoms with E-state index in [0.717, 1.165) is 18.2 Å². The van der Waals surface area contributed by atoms with Crippen LogP contribution in [-0.2, 0) is 9.47 Å². The molecule has 10 heteroatoms. The third-order valence-corrected chi connectivity index (χ3v) is 4.72. The molecule has 0 saturated carbocycles. The van der Waals surface area contributed by atoms with Gasteiger partial charge in [0.25, 0.3) is 0 Å². The van der Waals surface area contributed by atoms with Crippen molar-refractivity contribution in [2.24, 2.45) is 0 Å². The minimum Gasteiger partial charge on any atom is -0.465 e. The summed E-state index contributed by atoms with van der Waals surface area (Å²) in [5, 5.41) is 2.75. The molecule has 31 heavy (non-hydrogen) atoms. The van der Waals surface area contributed by atoms with E-state index in [1.165, 1.54) is 19.5 Å². The zero-order valence-corrected chi connectivity index (χ0v) is 17.7. The molecule has 1 amide bonds. The van der Waals surface area contributed by atoms with E-state index in [1.807, 2.05) is 0 Å². The Morgan fingerprint density at radius 1 is 1.16 bits per heavy atom. The number of methoxy groups -OCH3 is 1. The minimum atomic E-state index is -0.713. The van der Waals surface area contributed by atoms with Crippen molar-refractivity contribution < 1.29 is 27.8 Å². The number of carbonyl (C=O) groups excluding carboxylic acids is 2. The first-order valence-electron chi connectivity index (χ1n) is 9.67. The molecule has 0 unspecified atom stereocenters. The molecule has 2 aromatic rings. The van der Waals surface area contributed by atoms with Gasteiger partial charge in [-0.1, -0.05) is 0 Å². The predicted molar refractivity (Wildman–Crippen MR) is 108 cm³/mol. The van der Waals surface area contributed by atoms with Crippen molar-refractivity contribution in [2.45, 2.75) is 38.3 Å². The van der Waals surface area contributed by atoms with Crippen molar-refractivity contribution in [1.82, 2.24) is 15.3 Å². The van der Waals surface area contributed by atoms with Gasteiger partial charge in [-0.05, 0) is 44.5 Å². The number of hydrogen-bond acceptors (Lipinski definition) is 7. The van der Waals surface area contributed by atoms with Gasteiger partial charge in [-0.3, -0.25) is 0 Å². The van der Waals surface area contributed by atoms with Crippen molar-refractivity contribution in [3.63, 3.8) is 0 Å². The molecular weight excluding hydrogens is 410 g/mol. The number of esters is 1. The molecule has 2 heterocycles. The molecular formula is C21H24F2N4O4. The second-order valence-corrected chi connectivity index (χ2v) is 8.19. The maximum atomic E-state index is 14.5. The topological polar surface area (TPSA) is 93.7 Å². The van der Waals surface area contributed by atoms with E-state index in [4.69, 9.17) is 4.74 Å². The molecule has 8 nitrogen and oxygen atoms in total. The molecule has 3 rings (SSSR count). The molecule has 1 aliphatic heterocycles. The number of anilines is 1. The Labute approximate surface area is 178 Å². The van der Waals surface area contributed by atoms with Gasteiger partial charge in [0.15, 0.2) is 0 Å². The summed E-state index contributed by atoms with van der Waals surface area (Å²) in [5.74, 6) is -2.03. The fourth-order valence-corrected chi connectivity index (χ4v) is 3.39. The maximum absolute atomic E-state index is 14.5. The molecule has 1 aromatic carbocycles. The first kappa shape index (κ1) is 22.4. The van der Waals surface area contributed by atoms with Crippen molar-refractivity contribution in [3.05, 3.63) is 53.4 Å². The molecule has 0 bridgehead atoms. The fraction of sp³-hybridized carbons (Fsp3) is 0.429. The van der Waals surface area contributed by atoms with Crippen LogP contribution < -0.4 is 10.2 Å². The molecule has 1 N–H and O–H groups in total. The van der Waals surface area contributed by atoms with Crippen LogP contribution in [0.25, 0.3) is 0 Å². The maximum Gasteiger partial charge on any atom is 0.407 e. The highest BCUT2D eigenvalue weighted by atomic mass is 19.1. The van der Waals surface area contributed by atoms with Gasteiger partial charge in [0, 0.05) is 31.4 Å². The molecule has 0 radical (unpaired) electrons. The summed E-state index contributed by atoms with van der Waals surface area (Å²) in [6.45, 7) is 5.64. The summed E-state index contributed by atoms with van der Waals surface area (Å²) in [4.78, 5) is 34.0. The normalized spacial score (nSPS) is 18.6. The first-order chi connectivity index (χ1) is 14.6. The molecule has 1 saturated heterocycles. The number of nitrogens with one attached hydrogen (secondary N) is 1. The van der Waals surface area contributed by atoms with E-state index in [1.54, 1.807) is 25.7 Å². The quantitative estimate of drug-likeness (QED) is 0.740. The van der Waals surface area contributed by atoms with Gasteiger partial charge in [-0.15, -0.1) is 0 Å². The lowest BCUT2D eigenvalue weighted by Crippen LogP contribution is -2.43. The SMILES string of the molecule is COC(=O)c1cnc(N2C[C@H](NC(=O)OC(C)(C)C)[C@@H](c3cc(F)ccc3F)C2)nc1. The van der Waals surface area contributed by atoms with Crippen LogP contribution in [0.2, 0.25) is 0 Å². The van der Waals surface area contributed by atoms with E-state index < -0.39 is 41.3 Å². The zero-order valence-electron chi connectivity index (χ0n) is 17.7. The number of alkyl carbamates (subject to hydrolysis) is 1. The lowest BCUT2D eigenvalue weighted by atomic mass is 9.94. The van der Waals surface area contributed by atoms with Gasteiger partial charge in [0.1, 0.15) is 17.2 Å². The molecule has 2 atom stereocenters. The van der Waals surface area contributed by atoms with Crippen molar-refractivity contribution >= 4 is 18.0 Å². The average molecular weight is 434 g/mol. The molecule has 166 valence electrons. The van der Waals surface area contributed by atoms with Gasteiger partial charge >= 0.3 is 12.1 Å². The van der Waals surface area contributed by atoms with E-state index >= 15 is 0 Å². The van der Waals surface area contributed by atoms with Gasteiger partial charge in [0.05, 0.1) is 18.7 Å². The van der Waals surface area contributed by atoms with Crippen molar-refractivity contribution in [3.8, 4) is 0 Å². The Hall–Kier alpha value is -3.30. The highest BCUT2D eigenvalue weighted by molar-refractivity contribution is 5.88. The summed E-state index contributed by atoms with van der Waals surface area (Å²) >= 11 is 0. The summed E-state index contributed by atoms with van der Waals surface area (Å²) in [6, 6.07) is 2.62. The number of hydrogen-bond donors (Lipinski definition) is 1. The molecule has 1 aromatic heterocycles. The van der Waals surface area contributed by atoms with E-state index in [-0.39, 0.29) is 30.2 Å². The summed E-state index contributed by atoms with van der Waals surface area (Å²) < 4.78 is 38.3. The van der Waals surface area contributed by atoms with Gasteiger partial charge in [-0.25, -0.2) is 28.3 Å². The van der Waals surface area contributed by atoms with Gasteiger partial charge in [0.2, 0.25) is 5.95 Å². The van der Waals surface area contributed by atoms with E-state index in [2.05, 4.69) is 20.0 Å². The van der Waals surface area contributed by atoms with E-state index in [9.17, 15) is 18.4 Å². The van der Waals surface area contributed by atoms with Crippen LogP contribution in [-0.4, -0.2) is 53.9 Å². The van der Waals surface area contributed by atoms with E-state index in [0.29, 0.717) is 0 Å². The Bertz CT molecular complexity index is 963. The molecule has 1 aliphatic rings. The number of ether oxygens (including phenoxy) is 2. The molecule has 1 fully saturated rings. The number of halogens is 2. The lowest BCUT2D eigenvalue weighted by molar-refractivity contribution is 0.0503. The minimum absolute atomic E-state index is 0.134. The second kappa shape index (κ2) is 8.83. The Morgan fingerprint density at radius 2 is 1.84 bits per heavy atom. The first-order valence-corrected chi connectivity index (χ1v) is 9.67. The second-order valence-electron chi connectivity index (χ2n) is 8.19. The van der Waals surface area contributed by atoms with Crippen LogP contribution in [0, 0.1) is 11.6 Å². The van der Waals surface area contributed by atoms with Crippen LogP contribution in [0.5, 0.6) is 0 Å². The third-order valence-electron chi connectivity index (χ3n) is 4.72. The highest BCUT2D eigenvalue weighted by Crippen LogP contribution is 2.32. The number of carbonyl (C=O) groups is 2. The van der Waals surface area contributed by atoms with Gasteiger partial charge in [-0.2, -0.15) is 0 Å². The number of benzene rings is 1. The summed E-state index contributed by atoms with van der Waals surface area (Å²) in [7, 11) is 1.25. The third kappa shape index (κ3) is 5.44. The van der Waals surface area contributed by atoms with Crippen LogP contribution >= 0.6 is 0 Å². The highest BCUT2D eigenvalue weighted by Gasteiger charge is 2.38. The number of aromatic nitrogens is 2. The zero-order chi connectivity index (χ0) is 22.8. The number of nitrogens with zero attached hydrogens (tertiary/aromatic N) is 3.